The zero-order valence-corrected chi connectivity index (χ0v) is 36.0. The van der Waals surface area contributed by atoms with Crippen LogP contribution < -0.4 is 10.2 Å². The van der Waals surface area contributed by atoms with Crippen LogP contribution in [0.5, 0.6) is 0 Å². The topological polar surface area (TPSA) is 132 Å². The molecule has 0 saturated carbocycles. The predicted molar refractivity (Wildman–Crippen MR) is 233 cm³/mol. The Balaban J connectivity index is 0.857. The molecule has 322 valence electrons. The van der Waals surface area contributed by atoms with E-state index in [9.17, 15) is 14.4 Å². The van der Waals surface area contributed by atoms with Gasteiger partial charge in [-0.05, 0) is 52.3 Å². The molecule has 0 spiro atoms. The van der Waals surface area contributed by atoms with Crippen molar-refractivity contribution in [2.75, 3.05) is 102 Å². The van der Waals surface area contributed by atoms with E-state index in [0.717, 1.165) is 54.1 Å². The van der Waals surface area contributed by atoms with E-state index in [1.165, 1.54) is 11.3 Å². The minimum atomic E-state index is -0.805. The van der Waals surface area contributed by atoms with Crippen LogP contribution in [-0.2, 0) is 39.8 Å². The number of piperazine rings is 1. The Morgan fingerprint density at radius 3 is 1.95 bits per heavy atom. The van der Waals surface area contributed by atoms with Gasteiger partial charge in [-0.15, -0.1) is 11.3 Å². The second-order valence-corrected chi connectivity index (χ2v) is 16.9. The number of hydrogen-bond donors (Lipinski definition) is 1. The Bertz CT molecular complexity index is 1930. The number of ether oxygens (including phenoxy) is 5. The minimum absolute atomic E-state index is 0.0953. The average molecular weight is 842 g/mol. The van der Waals surface area contributed by atoms with Crippen molar-refractivity contribution in [3.8, 4) is 11.1 Å². The number of aromatic nitrogens is 1. The molecule has 14 heteroatoms. The maximum atomic E-state index is 13.9. The Labute approximate surface area is 357 Å². The molecule has 2 aliphatic rings. The summed E-state index contributed by atoms with van der Waals surface area (Å²) in [5, 5.41) is 5.17. The van der Waals surface area contributed by atoms with Crippen LogP contribution in [0.1, 0.15) is 61.1 Å². The summed E-state index contributed by atoms with van der Waals surface area (Å²) in [4.78, 5) is 50.4. The lowest BCUT2D eigenvalue weighted by atomic mass is 9.93. The number of carbonyl (C=O) groups is 3. The van der Waals surface area contributed by atoms with Crippen molar-refractivity contribution < 1.29 is 38.1 Å². The first-order valence-electron chi connectivity index (χ1n) is 20.9. The molecular weight excluding hydrogens is 783 g/mol. The molecule has 1 fully saturated rings. The smallest absolute Gasteiger partial charge is 0.255 e. The number of amides is 3. The monoisotopic (exact) mass is 841 g/mol. The van der Waals surface area contributed by atoms with E-state index in [-0.39, 0.29) is 23.1 Å². The van der Waals surface area contributed by atoms with Crippen molar-refractivity contribution in [1.29, 1.82) is 0 Å². The minimum Gasteiger partial charge on any atom is -0.379 e. The summed E-state index contributed by atoms with van der Waals surface area (Å²) < 4.78 is 27.9. The SMILES string of the molecule is CC(C)(C)CCOCCOCCOCCOCCOCCC(=O)N1CCN(c2ccc(-c3ccc4c(c3)C(=O)N(C(C(=O)Nc3nccs3)c3ccccc3)C4)cc2)CC1. The lowest BCUT2D eigenvalue weighted by Crippen LogP contribution is -2.49. The van der Waals surface area contributed by atoms with E-state index < -0.39 is 6.04 Å². The Kier molecular flexibility index (Phi) is 17.0. The van der Waals surface area contributed by atoms with Gasteiger partial charge in [0.2, 0.25) is 5.91 Å². The number of carbonyl (C=O) groups excluding carboxylic acids is 3. The Morgan fingerprint density at radius 2 is 1.35 bits per heavy atom. The van der Waals surface area contributed by atoms with E-state index >= 15 is 0 Å². The van der Waals surface area contributed by atoms with Crippen LogP contribution in [0.15, 0.2) is 84.4 Å². The van der Waals surface area contributed by atoms with Crippen molar-refractivity contribution in [3.05, 3.63) is 101 Å². The predicted octanol–water partition coefficient (Wildman–Crippen LogP) is 6.70. The van der Waals surface area contributed by atoms with Gasteiger partial charge in [-0.1, -0.05) is 75.4 Å². The van der Waals surface area contributed by atoms with Crippen LogP contribution in [0.3, 0.4) is 0 Å². The maximum absolute atomic E-state index is 13.9. The summed E-state index contributed by atoms with van der Waals surface area (Å²) in [5.74, 6) is -0.388. The first-order chi connectivity index (χ1) is 29.2. The van der Waals surface area contributed by atoms with Crippen LogP contribution >= 0.6 is 11.3 Å². The van der Waals surface area contributed by atoms with Crippen LogP contribution in [0, 0.1) is 5.41 Å². The van der Waals surface area contributed by atoms with Gasteiger partial charge in [-0.3, -0.25) is 19.7 Å². The third-order valence-electron chi connectivity index (χ3n) is 10.4. The molecule has 60 heavy (non-hydrogen) atoms. The van der Waals surface area contributed by atoms with Gasteiger partial charge in [0.25, 0.3) is 11.8 Å². The van der Waals surface area contributed by atoms with Gasteiger partial charge in [-0.25, -0.2) is 4.98 Å². The van der Waals surface area contributed by atoms with Gasteiger partial charge in [0, 0.05) is 62.2 Å². The summed E-state index contributed by atoms with van der Waals surface area (Å²) in [6.07, 6.45) is 3.01. The van der Waals surface area contributed by atoms with Crippen LogP contribution in [-0.4, -0.2) is 125 Å². The average Bonchev–Trinajstić information content (AvgIpc) is 3.89. The normalized spacial score (nSPS) is 14.7. The largest absolute Gasteiger partial charge is 0.379 e. The van der Waals surface area contributed by atoms with Gasteiger partial charge in [0.05, 0.1) is 65.9 Å². The zero-order chi connectivity index (χ0) is 42.2. The molecule has 6 rings (SSSR count). The maximum Gasteiger partial charge on any atom is 0.255 e. The molecule has 2 aliphatic heterocycles. The molecule has 3 amide bonds. The quantitative estimate of drug-likeness (QED) is 0.0805. The zero-order valence-electron chi connectivity index (χ0n) is 35.1. The van der Waals surface area contributed by atoms with E-state index in [4.69, 9.17) is 23.7 Å². The van der Waals surface area contributed by atoms with Gasteiger partial charge >= 0.3 is 0 Å². The number of benzene rings is 3. The van der Waals surface area contributed by atoms with Crippen LogP contribution in [0.4, 0.5) is 10.8 Å². The molecule has 1 N–H and O–H groups in total. The second kappa shape index (κ2) is 22.8. The lowest BCUT2D eigenvalue weighted by Gasteiger charge is -2.36. The standard InChI is InChI=1S/C46H59N5O8S/c1-46(2,3)16-23-56-25-27-58-29-31-59-30-28-57-26-24-55-22-15-41(52)50-20-18-49(19-21-50)39-13-11-35(12-14-39)37-9-10-38-34-51(44(54)40(38)33-37)42(36-7-5-4-6-8-36)43(53)48-45-47-17-32-60-45/h4-14,17,32-33,42H,15-16,18-31,34H2,1-3H3,(H,47,48,53). The van der Waals surface area contributed by atoms with E-state index in [1.54, 1.807) is 16.5 Å². The van der Waals surface area contributed by atoms with Crippen LogP contribution in [0.25, 0.3) is 11.1 Å². The summed E-state index contributed by atoms with van der Waals surface area (Å²) >= 11 is 1.33. The fraction of sp³-hybridized carbons (Fsp3) is 0.478. The number of fused-ring (bicyclic) bond motifs is 1. The van der Waals surface area contributed by atoms with E-state index in [2.05, 4.69) is 60.2 Å². The van der Waals surface area contributed by atoms with Crippen molar-refractivity contribution >= 4 is 39.9 Å². The fourth-order valence-corrected chi connectivity index (χ4v) is 7.57. The number of anilines is 2. The lowest BCUT2D eigenvalue weighted by molar-refractivity contribution is -0.132. The highest BCUT2D eigenvalue weighted by Gasteiger charge is 2.38. The third kappa shape index (κ3) is 13.4. The summed E-state index contributed by atoms with van der Waals surface area (Å²) in [7, 11) is 0. The highest BCUT2D eigenvalue weighted by molar-refractivity contribution is 7.13. The van der Waals surface area contributed by atoms with Gasteiger partial charge in [0.15, 0.2) is 5.13 Å². The molecule has 3 aromatic carbocycles. The van der Waals surface area contributed by atoms with Gasteiger partial charge in [0.1, 0.15) is 6.04 Å². The summed E-state index contributed by atoms with van der Waals surface area (Å²) in [6, 6.07) is 22.8. The molecule has 0 radical (unpaired) electrons. The molecule has 0 aliphatic carbocycles. The third-order valence-corrected chi connectivity index (χ3v) is 11.1. The molecule has 0 bridgehead atoms. The number of rotatable bonds is 23. The van der Waals surface area contributed by atoms with Gasteiger partial charge < -0.3 is 38.4 Å². The molecule has 13 nitrogen and oxygen atoms in total. The Hall–Kier alpha value is -4.70. The van der Waals surface area contributed by atoms with Crippen molar-refractivity contribution in [3.63, 3.8) is 0 Å². The molecule has 1 atom stereocenters. The van der Waals surface area contributed by atoms with E-state index in [0.29, 0.717) is 96.2 Å². The fourth-order valence-electron chi connectivity index (χ4n) is 7.04. The van der Waals surface area contributed by atoms with Crippen molar-refractivity contribution in [1.82, 2.24) is 14.8 Å². The van der Waals surface area contributed by atoms with Crippen molar-refractivity contribution in [2.24, 2.45) is 5.41 Å². The molecule has 3 heterocycles. The molecule has 4 aromatic rings. The van der Waals surface area contributed by atoms with Crippen LogP contribution in [0.2, 0.25) is 0 Å². The number of hydrogen-bond acceptors (Lipinski definition) is 11. The Morgan fingerprint density at radius 1 is 0.750 bits per heavy atom. The number of thiazole rings is 1. The first-order valence-corrected chi connectivity index (χ1v) is 21.8. The molecule has 1 saturated heterocycles. The van der Waals surface area contributed by atoms with E-state index in [1.807, 2.05) is 53.4 Å². The highest BCUT2D eigenvalue weighted by atomic mass is 32.1. The summed E-state index contributed by atoms with van der Waals surface area (Å²) in [5.41, 5.74) is 5.51. The molecule has 1 unspecified atom stereocenters. The first kappa shape index (κ1) is 44.8. The highest BCUT2D eigenvalue weighted by Crippen LogP contribution is 2.35. The number of nitrogens with zero attached hydrogens (tertiary/aromatic N) is 4. The molecular formula is C46H59N5O8S. The number of nitrogens with one attached hydrogen (secondary N) is 1. The second-order valence-electron chi connectivity index (χ2n) is 16.0. The van der Waals surface area contributed by atoms with Gasteiger partial charge in [-0.2, -0.15) is 0 Å². The molecule has 1 aromatic heterocycles. The van der Waals surface area contributed by atoms with Crippen molar-refractivity contribution in [2.45, 2.75) is 46.2 Å². The summed E-state index contributed by atoms with van der Waals surface area (Å²) in [6.45, 7) is 14.9.